The Labute approximate surface area is 114 Å². The first-order valence-electron chi connectivity index (χ1n) is 6.32. The van der Waals surface area contributed by atoms with Crippen LogP contribution in [0, 0.1) is 11.2 Å². The van der Waals surface area contributed by atoms with E-state index in [2.05, 4.69) is 36.0 Å². The van der Waals surface area contributed by atoms with Crippen LogP contribution in [0.4, 0.5) is 0 Å². The first-order valence-corrected chi connectivity index (χ1v) is 6.77. The minimum absolute atomic E-state index is 0.0230. The predicted octanol–water partition coefficient (Wildman–Crippen LogP) is 1.60. The number of primary amides is 1. The second-order valence-corrected chi connectivity index (χ2v) is 4.43. The number of carbonyl (C=O) groups is 2. The molecule has 0 saturated heterocycles. The van der Waals surface area contributed by atoms with Gasteiger partial charge in [-0.15, -0.1) is 0 Å². The highest BCUT2D eigenvalue weighted by atomic mass is 32.1. The first kappa shape index (κ1) is 16.9. The number of nitrogens with one attached hydrogen (secondary N) is 1. The van der Waals surface area contributed by atoms with Crippen LogP contribution in [0.2, 0.25) is 0 Å². The zero-order valence-corrected chi connectivity index (χ0v) is 11.8. The summed E-state index contributed by atoms with van der Waals surface area (Å²) < 4.78 is 0. The van der Waals surface area contributed by atoms with Crippen LogP contribution in [0.3, 0.4) is 0 Å². The van der Waals surface area contributed by atoms with E-state index >= 15 is 0 Å². The normalized spacial score (nSPS) is 11.2. The van der Waals surface area contributed by atoms with Gasteiger partial charge >= 0.3 is 0 Å². The lowest BCUT2D eigenvalue weighted by Gasteiger charge is -2.11. The van der Waals surface area contributed by atoms with E-state index in [1.54, 1.807) is 0 Å². The SMILES string of the molecule is CCCCCCCC(=O)NC(C#CS)CC(N)=O. The number of nitrogens with two attached hydrogens (primary N) is 1. The second-order valence-electron chi connectivity index (χ2n) is 4.21. The fraction of sp³-hybridized carbons (Fsp3) is 0.692. The van der Waals surface area contributed by atoms with Crippen molar-refractivity contribution in [2.75, 3.05) is 0 Å². The van der Waals surface area contributed by atoms with Crippen LogP contribution < -0.4 is 11.1 Å². The van der Waals surface area contributed by atoms with Crippen LogP contribution in [0.5, 0.6) is 0 Å². The molecule has 3 N–H and O–H groups in total. The quantitative estimate of drug-likeness (QED) is 0.338. The summed E-state index contributed by atoms with van der Waals surface area (Å²) in [4.78, 5) is 22.4. The van der Waals surface area contributed by atoms with Gasteiger partial charge in [-0.05, 0) is 11.7 Å². The Morgan fingerprint density at radius 1 is 1.28 bits per heavy atom. The van der Waals surface area contributed by atoms with E-state index in [1.165, 1.54) is 12.8 Å². The Morgan fingerprint density at radius 3 is 2.50 bits per heavy atom. The summed E-state index contributed by atoms with van der Waals surface area (Å²) in [7, 11) is 0. The third kappa shape index (κ3) is 10.0. The zero-order valence-electron chi connectivity index (χ0n) is 10.9. The first-order chi connectivity index (χ1) is 8.60. The molecule has 0 fully saturated rings. The maximum atomic E-state index is 11.6. The predicted molar refractivity (Wildman–Crippen MR) is 75.9 cm³/mol. The van der Waals surface area contributed by atoms with E-state index in [0.717, 1.165) is 19.3 Å². The summed E-state index contributed by atoms with van der Waals surface area (Å²) in [6.45, 7) is 2.15. The summed E-state index contributed by atoms with van der Waals surface area (Å²) >= 11 is 3.75. The molecular weight excluding hydrogens is 248 g/mol. The van der Waals surface area contributed by atoms with Crippen molar-refractivity contribution in [2.45, 2.75) is 57.9 Å². The van der Waals surface area contributed by atoms with Crippen molar-refractivity contribution in [3.8, 4) is 11.2 Å². The van der Waals surface area contributed by atoms with Crippen LogP contribution in [-0.2, 0) is 9.59 Å². The number of rotatable bonds is 9. The van der Waals surface area contributed by atoms with E-state index in [-0.39, 0.29) is 12.3 Å². The van der Waals surface area contributed by atoms with E-state index in [9.17, 15) is 9.59 Å². The summed E-state index contributed by atoms with van der Waals surface area (Å²) in [5.74, 6) is 2.06. The fourth-order valence-electron chi connectivity index (χ4n) is 1.57. The molecule has 0 radical (unpaired) electrons. The molecule has 102 valence electrons. The summed E-state index contributed by atoms with van der Waals surface area (Å²) in [5, 5.41) is 5.06. The summed E-state index contributed by atoms with van der Waals surface area (Å²) in [5.41, 5.74) is 5.07. The highest BCUT2D eigenvalue weighted by Gasteiger charge is 2.11. The molecule has 2 amide bonds. The molecule has 0 aliphatic carbocycles. The van der Waals surface area contributed by atoms with Gasteiger partial charge in [0.25, 0.3) is 0 Å². The third-order valence-electron chi connectivity index (χ3n) is 2.49. The average molecular weight is 270 g/mol. The van der Waals surface area contributed by atoms with Crippen LogP contribution >= 0.6 is 12.6 Å². The number of carbonyl (C=O) groups excluding carboxylic acids is 2. The Hall–Kier alpha value is -1.15. The molecule has 0 aliphatic heterocycles. The van der Waals surface area contributed by atoms with E-state index in [1.807, 2.05) is 0 Å². The second kappa shape index (κ2) is 11.0. The Balaban J connectivity index is 3.86. The largest absolute Gasteiger partial charge is 0.370 e. The van der Waals surface area contributed by atoms with E-state index in [4.69, 9.17) is 5.73 Å². The minimum Gasteiger partial charge on any atom is -0.370 e. The van der Waals surface area contributed by atoms with Crippen molar-refractivity contribution >= 4 is 24.4 Å². The lowest BCUT2D eigenvalue weighted by molar-refractivity contribution is -0.122. The zero-order chi connectivity index (χ0) is 13.8. The highest BCUT2D eigenvalue weighted by molar-refractivity contribution is 7.85. The lowest BCUT2D eigenvalue weighted by Crippen LogP contribution is -2.36. The standard InChI is InChI=1S/C13H22N2O2S/c1-2-3-4-5-6-7-13(17)15-11(8-9-18)10-12(14)16/h11,18H,2-7,10H2,1H3,(H2,14,16)(H,15,17). The molecular formula is C13H22N2O2S. The molecule has 0 heterocycles. The molecule has 0 aromatic rings. The minimum atomic E-state index is -0.525. The Bertz CT molecular complexity index is 321. The van der Waals surface area contributed by atoms with Gasteiger partial charge in [-0.1, -0.05) is 51.2 Å². The van der Waals surface area contributed by atoms with Gasteiger partial charge in [0.1, 0.15) is 0 Å². The Kier molecular flexibility index (Phi) is 10.3. The monoisotopic (exact) mass is 270 g/mol. The van der Waals surface area contributed by atoms with Crippen molar-refractivity contribution in [1.29, 1.82) is 0 Å². The molecule has 1 unspecified atom stereocenters. The molecule has 5 heteroatoms. The van der Waals surface area contributed by atoms with Gasteiger partial charge in [-0.2, -0.15) is 0 Å². The van der Waals surface area contributed by atoms with Crippen LogP contribution in [-0.4, -0.2) is 17.9 Å². The van der Waals surface area contributed by atoms with Gasteiger partial charge in [0.15, 0.2) is 0 Å². The molecule has 4 nitrogen and oxygen atoms in total. The van der Waals surface area contributed by atoms with Crippen LogP contribution in [0.15, 0.2) is 0 Å². The maximum Gasteiger partial charge on any atom is 0.220 e. The average Bonchev–Trinajstić information content (AvgIpc) is 2.28. The van der Waals surface area contributed by atoms with E-state index < -0.39 is 11.9 Å². The molecule has 1 atom stereocenters. The number of thiol groups is 1. The topological polar surface area (TPSA) is 72.2 Å². The van der Waals surface area contributed by atoms with Gasteiger partial charge in [-0.3, -0.25) is 9.59 Å². The molecule has 0 aliphatic rings. The summed E-state index contributed by atoms with van der Waals surface area (Å²) in [6, 6.07) is -0.525. The smallest absolute Gasteiger partial charge is 0.220 e. The molecule has 0 saturated carbocycles. The molecule has 0 spiro atoms. The molecule has 0 aromatic heterocycles. The van der Waals surface area contributed by atoms with Crippen molar-refractivity contribution in [3.63, 3.8) is 0 Å². The van der Waals surface area contributed by atoms with E-state index in [0.29, 0.717) is 6.42 Å². The highest BCUT2D eigenvalue weighted by Crippen LogP contribution is 2.05. The van der Waals surface area contributed by atoms with Gasteiger partial charge in [-0.25, -0.2) is 0 Å². The molecule has 0 aromatic carbocycles. The van der Waals surface area contributed by atoms with Crippen LogP contribution in [0.25, 0.3) is 0 Å². The Morgan fingerprint density at radius 2 is 1.94 bits per heavy atom. The number of unbranched alkanes of at least 4 members (excludes halogenated alkanes) is 4. The number of amides is 2. The molecule has 18 heavy (non-hydrogen) atoms. The molecule has 0 rings (SSSR count). The van der Waals surface area contributed by atoms with Crippen molar-refractivity contribution in [1.82, 2.24) is 5.32 Å². The van der Waals surface area contributed by atoms with Gasteiger partial charge in [0.2, 0.25) is 11.8 Å². The van der Waals surface area contributed by atoms with Crippen molar-refractivity contribution < 1.29 is 9.59 Å². The van der Waals surface area contributed by atoms with Gasteiger partial charge in [0.05, 0.1) is 12.5 Å². The van der Waals surface area contributed by atoms with Crippen molar-refractivity contribution in [3.05, 3.63) is 0 Å². The molecule has 0 bridgehead atoms. The van der Waals surface area contributed by atoms with Gasteiger partial charge in [0, 0.05) is 6.42 Å². The fourth-order valence-corrected chi connectivity index (χ4v) is 1.73. The van der Waals surface area contributed by atoms with Gasteiger partial charge < -0.3 is 11.1 Å². The maximum absolute atomic E-state index is 11.6. The number of hydrogen-bond donors (Lipinski definition) is 3. The van der Waals surface area contributed by atoms with Crippen molar-refractivity contribution in [2.24, 2.45) is 5.73 Å². The number of hydrogen-bond acceptors (Lipinski definition) is 3. The third-order valence-corrected chi connectivity index (χ3v) is 2.62. The lowest BCUT2D eigenvalue weighted by atomic mass is 10.1. The summed E-state index contributed by atoms with van der Waals surface area (Å²) in [6.07, 6.45) is 5.96. The van der Waals surface area contributed by atoms with Crippen LogP contribution in [0.1, 0.15) is 51.9 Å².